The maximum absolute atomic E-state index is 12.4. The van der Waals surface area contributed by atoms with Gasteiger partial charge in [-0.25, -0.2) is 4.84 Å². The van der Waals surface area contributed by atoms with Crippen molar-refractivity contribution >= 4 is 20.1 Å². The lowest BCUT2D eigenvalue weighted by Crippen LogP contribution is -2.38. The molecule has 2 bridgehead atoms. The summed E-state index contributed by atoms with van der Waals surface area (Å²) in [4.78, 5) is 30.3. The van der Waals surface area contributed by atoms with Crippen molar-refractivity contribution in [3.8, 4) is 0 Å². The standard InChI is InChI=1S/C14H19NO4.C4H12OSi.CH4/c16-13-11-8-4-5-9(7-8)12(11)14(17)15(13)19-10-3-1-2-6-18-10;1-5-6(2,3)4;/h8-12H,1-7H2;1-4H3;1H4. The molecule has 0 radical (unpaired) electrons. The smallest absolute Gasteiger partial charge is 0.257 e. The van der Waals surface area contributed by atoms with Gasteiger partial charge in [0.05, 0.1) is 11.8 Å². The van der Waals surface area contributed by atoms with Gasteiger partial charge in [0.25, 0.3) is 11.8 Å². The van der Waals surface area contributed by atoms with Gasteiger partial charge in [-0.3, -0.25) is 9.59 Å². The zero-order valence-corrected chi connectivity index (χ0v) is 16.8. The third kappa shape index (κ3) is 4.38. The minimum atomic E-state index is -1.13. The second-order valence-corrected chi connectivity index (χ2v) is 13.2. The second kappa shape index (κ2) is 8.50. The molecule has 2 saturated carbocycles. The first kappa shape index (κ1) is 21.5. The van der Waals surface area contributed by atoms with Crippen molar-refractivity contribution in [2.45, 2.75) is 71.9 Å². The number of imide groups is 1. The van der Waals surface area contributed by atoms with E-state index < -0.39 is 14.6 Å². The molecule has 2 aliphatic carbocycles. The molecule has 4 fully saturated rings. The van der Waals surface area contributed by atoms with Gasteiger partial charge in [-0.05, 0) is 63.6 Å². The van der Waals surface area contributed by atoms with E-state index in [1.165, 1.54) is 0 Å². The monoisotopic (exact) mass is 385 g/mol. The Bertz CT molecular complexity index is 487. The number of carbonyl (C=O) groups is 2. The summed E-state index contributed by atoms with van der Waals surface area (Å²) in [6.45, 7) is 7.13. The van der Waals surface area contributed by atoms with Crippen molar-refractivity contribution in [1.82, 2.24) is 5.06 Å². The van der Waals surface area contributed by atoms with Crippen LogP contribution in [0.3, 0.4) is 0 Å². The summed E-state index contributed by atoms with van der Waals surface area (Å²) in [5.74, 6) is 0.386. The second-order valence-electron chi connectivity index (χ2n) is 8.57. The van der Waals surface area contributed by atoms with Gasteiger partial charge < -0.3 is 9.16 Å². The molecule has 4 aliphatic rings. The maximum atomic E-state index is 12.4. The Morgan fingerprint density at radius 1 is 1.00 bits per heavy atom. The van der Waals surface area contributed by atoms with E-state index >= 15 is 0 Å². The van der Waals surface area contributed by atoms with Crippen LogP contribution in [-0.4, -0.2) is 45.2 Å². The molecule has 0 N–H and O–H groups in total. The molecule has 2 amide bonds. The number of hydrogen-bond acceptors (Lipinski definition) is 5. The summed E-state index contributed by atoms with van der Waals surface area (Å²) in [6.07, 6.45) is 5.64. The molecule has 2 aliphatic heterocycles. The lowest BCUT2D eigenvalue weighted by Gasteiger charge is -2.26. The summed E-state index contributed by atoms with van der Waals surface area (Å²) in [5, 5.41) is 1.04. The van der Waals surface area contributed by atoms with Crippen molar-refractivity contribution in [2.24, 2.45) is 23.7 Å². The fourth-order valence-corrected chi connectivity index (χ4v) is 4.40. The van der Waals surface area contributed by atoms with Gasteiger partial charge in [-0.15, -0.1) is 5.06 Å². The summed E-state index contributed by atoms with van der Waals surface area (Å²) >= 11 is 0. The van der Waals surface area contributed by atoms with Gasteiger partial charge in [-0.1, -0.05) is 7.43 Å². The Hall–Kier alpha value is -0.763. The van der Waals surface area contributed by atoms with Gasteiger partial charge in [0, 0.05) is 20.1 Å². The predicted octanol–water partition coefficient (Wildman–Crippen LogP) is 3.58. The molecule has 5 atom stereocenters. The Labute approximate surface area is 158 Å². The Morgan fingerprint density at radius 3 is 1.96 bits per heavy atom. The Kier molecular flexibility index (Phi) is 7.04. The largest absolute Gasteiger partial charge is 0.421 e. The highest BCUT2D eigenvalue weighted by Gasteiger charge is 2.61. The SMILES string of the molecule is C.CO[Si](C)(C)C.O=C1C2C3CCC(C3)C2C(=O)N1OC1CCCCO1. The molecule has 0 spiro atoms. The summed E-state index contributed by atoms with van der Waals surface area (Å²) in [7, 11) is 0.639. The van der Waals surface area contributed by atoms with E-state index in [4.69, 9.17) is 14.0 Å². The van der Waals surface area contributed by atoms with Crippen molar-refractivity contribution in [1.29, 1.82) is 0 Å². The van der Waals surface area contributed by atoms with Gasteiger partial charge >= 0.3 is 0 Å². The van der Waals surface area contributed by atoms with E-state index in [1.54, 1.807) is 7.11 Å². The molecular formula is C19H35NO5Si. The van der Waals surface area contributed by atoms with Crippen LogP contribution in [0.4, 0.5) is 0 Å². The Morgan fingerprint density at radius 2 is 1.54 bits per heavy atom. The molecule has 5 unspecified atom stereocenters. The first-order valence-electron chi connectivity index (χ1n) is 9.53. The van der Waals surface area contributed by atoms with E-state index in [0.29, 0.717) is 18.4 Å². The lowest BCUT2D eigenvalue weighted by molar-refractivity contribution is -0.268. The van der Waals surface area contributed by atoms with E-state index in [9.17, 15) is 9.59 Å². The van der Waals surface area contributed by atoms with Crippen molar-refractivity contribution in [2.75, 3.05) is 13.7 Å². The average Bonchev–Trinajstić information content (AvgIpc) is 3.26. The molecule has 6 nitrogen and oxygen atoms in total. The molecule has 150 valence electrons. The van der Waals surface area contributed by atoms with Crippen LogP contribution >= 0.6 is 0 Å². The number of fused-ring (bicyclic) bond motifs is 5. The molecule has 0 aromatic heterocycles. The highest BCUT2D eigenvalue weighted by atomic mass is 28.4. The van der Waals surface area contributed by atoms with Crippen LogP contribution in [0.2, 0.25) is 19.6 Å². The first-order chi connectivity index (χ1) is 11.8. The summed E-state index contributed by atoms with van der Waals surface area (Å²) in [5.41, 5.74) is 0. The zero-order chi connectivity index (χ0) is 18.2. The predicted molar refractivity (Wildman–Crippen MR) is 101 cm³/mol. The van der Waals surface area contributed by atoms with Gasteiger partial charge in [0.2, 0.25) is 0 Å². The number of ether oxygens (including phenoxy) is 1. The molecule has 0 aromatic rings. The normalized spacial score (nSPS) is 35.7. The van der Waals surface area contributed by atoms with Crippen LogP contribution in [0.1, 0.15) is 46.0 Å². The topological polar surface area (TPSA) is 65.1 Å². The average molecular weight is 386 g/mol. The third-order valence-electron chi connectivity index (χ3n) is 5.86. The first-order valence-corrected chi connectivity index (χ1v) is 12.9. The number of nitrogens with zero attached hydrogens (tertiary/aromatic N) is 1. The highest BCUT2D eigenvalue weighted by Crippen LogP contribution is 2.56. The molecular weight excluding hydrogens is 350 g/mol. The Balaban J connectivity index is 0.000000305. The van der Waals surface area contributed by atoms with E-state index in [0.717, 1.165) is 43.6 Å². The van der Waals surface area contributed by atoms with Crippen molar-refractivity contribution in [3.05, 3.63) is 0 Å². The molecule has 7 heteroatoms. The van der Waals surface area contributed by atoms with Crippen LogP contribution in [0.5, 0.6) is 0 Å². The maximum Gasteiger partial charge on any atom is 0.257 e. The third-order valence-corrected chi connectivity index (χ3v) is 7.09. The zero-order valence-electron chi connectivity index (χ0n) is 15.8. The van der Waals surface area contributed by atoms with Gasteiger partial charge in [0.1, 0.15) is 0 Å². The summed E-state index contributed by atoms with van der Waals surface area (Å²) < 4.78 is 10.5. The van der Waals surface area contributed by atoms with Crippen LogP contribution in [0.15, 0.2) is 0 Å². The number of hydrogen-bond donors (Lipinski definition) is 0. The highest BCUT2D eigenvalue weighted by molar-refractivity contribution is 6.69. The van der Waals surface area contributed by atoms with E-state index in [1.807, 2.05) is 0 Å². The van der Waals surface area contributed by atoms with E-state index in [-0.39, 0.29) is 31.1 Å². The molecule has 2 saturated heterocycles. The van der Waals surface area contributed by atoms with Crippen molar-refractivity contribution < 1.29 is 23.6 Å². The minimum absolute atomic E-state index is 0. The van der Waals surface area contributed by atoms with Crippen LogP contribution < -0.4 is 0 Å². The molecule has 4 rings (SSSR count). The molecule has 0 aromatic carbocycles. The lowest BCUT2D eigenvalue weighted by atomic mass is 9.81. The number of carbonyl (C=O) groups excluding carboxylic acids is 2. The number of rotatable bonds is 3. The van der Waals surface area contributed by atoms with Crippen LogP contribution in [-0.2, 0) is 23.6 Å². The summed E-state index contributed by atoms with van der Waals surface area (Å²) in [6, 6.07) is 0. The van der Waals surface area contributed by atoms with Gasteiger partial charge in [-0.2, -0.15) is 0 Å². The molecule has 2 heterocycles. The molecule has 26 heavy (non-hydrogen) atoms. The number of amides is 2. The number of hydroxylamine groups is 2. The quantitative estimate of drug-likeness (QED) is 0.549. The van der Waals surface area contributed by atoms with Crippen molar-refractivity contribution in [3.63, 3.8) is 0 Å². The van der Waals surface area contributed by atoms with Gasteiger partial charge in [0.15, 0.2) is 14.6 Å². The van der Waals surface area contributed by atoms with E-state index in [2.05, 4.69) is 19.6 Å². The fraction of sp³-hybridized carbons (Fsp3) is 0.895. The van der Waals surface area contributed by atoms with Crippen LogP contribution in [0.25, 0.3) is 0 Å². The minimum Gasteiger partial charge on any atom is -0.421 e. The van der Waals surface area contributed by atoms with Crippen LogP contribution in [0, 0.1) is 23.7 Å². The fourth-order valence-electron chi connectivity index (χ4n) is 4.40.